The standard InChI is InChI=1S/C14H20ClN3OS/c1-17-5-7-18(8-6-17)13-4-3-11(15)9-12(13)16-14(19)10-20-2/h3-4,9H,5-8,10H2,1-2H3,(H,16,19). The number of thioether (sulfide) groups is 1. The van der Waals surface area contributed by atoms with Gasteiger partial charge < -0.3 is 15.1 Å². The second-order valence-electron chi connectivity index (χ2n) is 4.93. The minimum Gasteiger partial charge on any atom is -0.367 e. The zero-order chi connectivity index (χ0) is 14.5. The van der Waals surface area contributed by atoms with Gasteiger partial charge >= 0.3 is 0 Å². The van der Waals surface area contributed by atoms with Crippen LogP contribution in [0.5, 0.6) is 0 Å². The summed E-state index contributed by atoms with van der Waals surface area (Å²) in [4.78, 5) is 16.4. The van der Waals surface area contributed by atoms with Crippen LogP contribution in [0, 0.1) is 0 Å². The second-order valence-corrected chi connectivity index (χ2v) is 6.24. The third-order valence-corrected chi connectivity index (χ3v) is 4.14. The summed E-state index contributed by atoms with van der Waals surface area (Å²) in [5, 5.41) is 3.60. The predicted molar refractivity (Wildman–Crippen MR) is 88.2 cm³/mol. The maximum Gasteiger partial charge on any atom is 0.234 e. The van der Waals surface area contributed by atoms with Gasteiger partial charge in [-0.25, -0.2) is 0 Å². The first-order valence-corrected chi connectivity index (χ1v) is 8.39. The number of piperazine rings is 1. The molecule has 1 heterocycles. The minimum atomic E-state index is 0.00939. The lowest BCUT2D eigenvalue weighted by Gasteiger charge is -2.35. The highest BCUT2D eigenvalue weighted by atomic mass is 35.5. The molecule has 0 atom stereocenters. The summed E-state index contributed by atoms with van der Waals surface area (Å²) in [6, 6.07) is 5.69. The predicted octanol–water partition coefficient (Wildman–Crippen LogP) is 2.39. The van der Waals surface area contributed by atoms with Crippen LogP contribution in [0.25, 0.3) is 0 Å². The number of amides is 1. The van der Waals surface area contributed by atoms with Crippen LogP contribution in [0.15, 0.2) is 18.2 Å². The average Bonchev–Trinajstić information content (AvgIpc) is 2.40. The van der Waals surface area contributed by atoms with Crippen molar-refractivity contribution in [2.45, 2.75) is 0 Å². The number of carbonyl (C=O) groups is 1. The highest BCUT2D eigenvalue weighted by Crippen LogP contribution is 2.30. The monoisotopic (exact) mass is 313 g/mol. The maximum atomic E-state index is 11.8. The van der Waals surface area contributed by atoms with E-state index in [-0.39, 0.29) is 5.91 Å². The van der Waals surface area contributed by atoms with E-state index in [0.29, 0.717) is 10.8 Å². The topological polar surface area (TPSA) is 35.6 Å². The molecule has 0 aliphatic carbocycles. The maximum absolute atomic E-state index is 11.8. The molecule has 20 heavy (non-hydrogen) atoms. The van der Waals surface area contributed by atoms with Crippen LogP contribution in [0.3, 0.4) is 0 Å². The van der Waals surface area contributed by atoms with Gasteiger partial charge in [0, 0.05) is 31.2 Å². The van der Waals surface area contributed by atoms with Crippen molar-refractivity contribution >= 4 is 40.6 Å². The van der Waals surface area contributed by atoms with E-state index in [0.717, 1.165) is 37.6 Å². The normalized spacial score (nSPS) is 16.2. The summed E-state index contributed by atoms with van der Waals surface area (Å²) in [5.41, 5.74) is 1.86. The molecular weight excluding hydrogens is 294 g/mol. The average molecular weight is 314 g/mol. The number of halogens is 1. The third-order valence-electron chi connectivity index (χ3n) is 3.35. The Kier molecular flexibility index (Phi) is 5.57. The lowest BCUT2D eigenvalue weighted by molar-refractivity contribution is -0.113. The summed E-state index contributed by atoms with van der Waals surface area (Å²) in [6.07, 6.45) is 1.92. The molecule has 1 aliphatic heterocycles. The van der Waals surface area contributed by atoms with Crippen molar-refractivity contribution in [1.82, 2.24) is 4.90 Å². The van der Waals surface area contributed by atoms with Crippen LogP contribution < -0.4 is 10.2 Å². The van der Waals surface area contributed by atoms with Crippen molar-refractivity contribution in [3.05, 3.63) is 23.2 Å². The van der Waals surface area contributed by atoms with E-state index in [1.165, 1.54) is 11.8 Å². The fourth-order valence-corrected chi connectivity index (χ4v) is 2.76. The van der Waals surface area contributed by atoms with E-state index in [1.807, 2.05) is 24.5 Å². The van der Waals surface area contributed by atoms with Gasteiger partial charge in [-0.05, 0) is 31.5 Å². The molecule has 110 valence electrons. The molecule has 1 aromatic carbocycles. The fraction of sp³-hybridized carbons (Fsp3) is 0.500. The first-order chi connectivity index (χ1) is 9.60. The molecule has 1 aromatic rings. The first-order valence-electron chi connectivity index (χ1n) is 6.62. The van der Waals surface area contributed by atoms with E-state index in [9.17, 15) is 4.79 Å². The molecular formula is C14H20ClN3OS. The molecule has 6 heteroatoms. The SMILES string of the molecule is CSCC(=O)Nc1cc(Cl)ccc1N1CCN(C)CC1. The van der Waals surface area contributed by atoms with Gasteiger partial charge in [-0.1, -0.05) is 11.6 Å². The lowest BCUT2D eigenvalue weighted by Crippen LogP contribution is -2.44. The van der Waals surface area contributed by atoms with E-state index >= 15 is 0 Å². The molecule has 1 saturated heterocycles. The highest BCUT2D eigenvalue weighted by molar-refractivity contribution is 7.99. The van der Waals surface area contributed by atoms with Crippen molar-refractivity contribution < 1.29 is 4.79 Å². The van der Waals surface area contributed by atoms with E-state index in [2.05, 4.69) is 22.2 Å². The Balaban J connectivity index is 2.17. The molecule has 0 saturated carbocycles. The van der Waals surface area contributed by atoms with Gasteiger partial charge in [-0.15, -0.1) is 0 Å². The van der Waals surface area contributed by atoms with Gasteiger partial charge in [-0.3, -0.25) is 4.79 Å². The number of nitrogens with zero attached hydrogens (tertiary/aromatic N) is 2. The van der Waals surface area contributed by atoms with Gasteiger partial charge in [-0.2, -0.15) is 11.8 Å². The number of anilines is 2. The smallest absolute Gasteiger partial charge is 0.234 e. The van der Waals surface area contributed by atoms with Crippen LogP contribution in [0.4, 0.5) is 11.4 Å². The van der Waals surface area contributed by atoms with Crippen LogP contribution in [0.1, 0.15) is 0 Å². The summed E-state index contributed by atoms with van der Waals surface area (Å²) >= 11 is 7.57. The fourth-order valence-electron chi connectivity index (χ4n) is 2.25. The first kappa shape index (κ1) is 15.5. The Morgan fingerprint density at radius 2 is 2.05 bits per heavy atom. The van der Waals surface area contributed by atoms with Gasteiger partial charge in [0.1, 0.15) is 0 Å². The summed E-state index contributed by atoms with van der Waals surface area (Å²) in [6.45, 7) is 3.98. The van der Waals surface area contributed by atoms with Gasteiger partial charge in [0.25, 0.3) is 0 Å². The molecule has 0 aromatic heterocycles. The van der Waals surface area contributed by atoms with Crippen LogP contribution in [-0.2, 0) is 4.79 Å². The largest absolute Gasteiger partial charge is 0.367 e. The molecule has 2 rings (SSSR count). The van der Waals surface area contributed by atoms with E-state index < -0.39 is 0 Å². The summed E-state index contributed by atoms with van der Waals surface area (Å²) in [5.74, 6) is 0.462. The highest BCUT2D eigenvalue weighted by Gasteiger charge is 2.18. The zero-order valence-electron chi connectivity index (χ0n) is 11.9. The molecule has 1 N–H and O–H groups in total. The minimum absolute atomic E-state index is 0.00939. The number of likely N-dealkylation sites (N-methyl/N-ethyl adjacent to an activating group) is 1. The number of hydrogen-bond donors (Lipinski definition) is 1. The molecule has 1 fully saturated rings. The number of carbonyl (C=O) groups excluding carboxylic acids is 1. The third kappa shape index (κ3) is 4.04. The van der Waals surface area contributed by atoms with Gasteiger partial charge in [0.2, 0.25) is 5.91 Å². The van der Waals surface area contributed by atoms with E-state index in [4.69, 9.17) is 11.6 Å². The van der Waals surface area contributed by atoms with Crippen molar-refractivity contribution in [3.8, 4) is 0 Å². The molecule has 0 spiro atoms. The second kappa shape index (κ2) is 7.20. The summed E-state index contributed by atoms with van der Waals surface area (Å²) in [7, 11) is 2.13. The molecule has 0 radical (unpaired) electrons. The Hall–Kier alpha value is -0.910. The Bertz CT molecular complexity index is 475. The number of rotatable bonds is 4. The summed E-state index contributed by atoms with van der Waals surface area (Å²) < 4.78 is 0. The van der Waals surface area contributed by atoms with Crippen LogP contribution in [-0.4, -0.2) is 56.0 Å². The number of hydrogen-bond acceptors (Lipinski definition) is 4. The molecule has 1 aliphatic rings. The number of benzene rings is 1. The molecule has 0 bridgehead atoms. The van der Waals surface area contributed by atoms with Gasteiger partial charge in [0.15, 0.2) is 0 Å². The van der Waals surface area contributed by atoms with Gasteiger partial charge in [0.05, 0.1) is 17.1 Å². The Morgan fingerprint density at radius 1 is 1.35 bits per heavy atom. The quantitative estimate of drug-likeness (QED) is 0.926. The number of nitrogens with one attached hydrogen (secondary N) is 1. The molecule has 4 nitrogen and oxygen atoms in total. The van der Waals surface area contributed by atoms with Crippen molar-refractivity contribution in [2.24, 2.45) is 0 Å². The van der Waals surface area contributed by atoms with Crippen LogP contribution >= 0.6 is 23.4 Å². The van der Waals surface area contributed by atoms with Crippen LogP contribution in [0.2, 0.25) is 5.02 Å². The molecule has 1 amide bonds. The van der Waals surface area contributed by atoms with Crippen molar-refractivity contribution in [3.63, 3.8) is 0 Å². The van der Waals surface area contributed by atoms with E-state index in [1.54, 1.807) is 0 Å². The lowest BCUT2D eigenvalue weighted by atomic mass is 10.2. The van der Waals surface area contributed by atoms with Crippen molar-refractivity contribution in [1.29, 1.82) is 0 Å². The molecule has 0 unspecified atom stereocenters. The Labute approximate surface area is 129 Å². The zero-order valence-corrected chi connectivity index (χ0v) is 13.4. The Morgan fingerprint density at radius 3 is 2.70 bits per heavy atom. The van der Waals surface area contributed by atoms with Crippen molar-refractivity contribution in [2.75, 3.05) is 55.5 Å².